The van der Waals surface area contributed by atoms with Gasteiger partial charge in [0, 0.05) is 24.1 Å². The van der Waals surface area contributed by atoms with Crippen LogP contribution in [0.1, 0.15) is 10.4 Å². The molecule has 0 spiro atoms. The minimum atomic E-state index is -3.73. The maximum Gasteiger partial charge on any atom is 1.00 e. The Kier molecular flexibility index (Phi) is 11.1. The number of rotatable bonds is 7. The summed E-state index contributed by atoms with van der Waals surface area (Å²) in [6, 6.07) is 8.38. The van der Waals surface area contributed by atoms with E-state index in [1.54, 1.807) is 0 Å². The Morgan fingerprint density at radius 1 is 1.25 bits per heavy atom. The predicted molar refractivity (Wildman–Crippen MR) is 111 cm³/mol. The van der Waals surface area contributed by atoms with Crippen LogP contribution in [0.4, 0.5) is 10.1 Å². The molecule has 0 saturated heterocycles. The van der Waals surface area contributed by atoms with Gasteiger partial charge >= 0.3 is 51.4 Å². The van der Waals surface area contributed by atoms with Crippen molar-refractivity contribution in [3.05, 3.63) is 47.8 Å². The van der Waals surface area contributed by atoms with Gasteiger partial charge in [0.25, 0.3) is 5.91 Å². The van der Waals surface area contributed by atoms with Crippen molar-refractivity contribution in [3.63, 3.8) is 0 Å². The first-order valence-corrected chi connectivity index (χ1v) is 10.8. The fourth-order valence-corrected chi connectivity index (χ4v) is 4.09. The molecule has 3 aromatic rings. The van der Waals surface area contributed by atoms with Crippen LogP contribution < -0.4 is 89.7 Å². The summed E-state index contributed by atoms with van der Waals surface area (Å²) in [5.41, 5.74) is 1.07. The Hall–Kier alpha value is -0.744. The number of benzene rings is 2. The van der Waals surface area contributed by atoms with E-state index in [0.29, 0.717) is 10.9 Å². The molecule has 168 valence electrons. The number of aliphatic hydroxyl groups excluding tert-OH is 1. The number of nitrogens with one attached hydrogen (secondary N) is 1. The largest absolute Gasteiger partial charge is 1.00 e. The molecule has 8 nitrogen and oxygen atoms in total. The average molecular weight is 602 g/mol. The predicted octanol–water partition coefficient (Wildman–Crippen LogP) is -3.63. The number of furan rings is 1. The number of carbonyl (C=O) groups excluding carboxylic acids is 1. The summed E-state index contributed by atoms with van der Waals surface area (Å²) in [7, 11) is -0.900. The van der Waals surface area contributed by atoms with E-state index in [0.717, 1.165) is 10.6 Å². The molecule has 0 aliphatic heterocycles. The fourth-order valence-electron chi connectivity index (χ4n) is 3.18. The van der Waals surface area contributed by atoms with Crippen LogP contribution in [0.25, 0.3) is 22.3 Å². The van der Waals surface area contributed by atoms with Crippen molar-refractivity contribution >= 4 is 32.6 Å². The van der Waals surface area contributed by atoms with Crippen molar-refractivity contribution in [2.45, 2.75) is 0 Å². The molecule has 0 saturated carbocycles. The minimum Gasteiger partial charge on any atom is -1.00 e. The zero-order chi connectivity index (χ0) is 22.1. The Bertz CT molecular complexity index is 1200. The normalized spacial score (nSPS) is 10.8. The topological polar surface area (TPSA) is 109 Å². The third kappa shape index (κ3) is 6.03. The van der Waals surface area contributed by atoms with Gasteiger partial charge in [-0.2, -0.15) is 0 Å². The number of aliphatic hydroxyl groups is 1. The number of hydrogen-bond acceptors (Lipinski definition) is 6. The van der Waals surface area contributed by atoms with Gasteiger partial charge in [-0.25, -0.2) is 12.8 Å². The van der Waals surface area contributed by atoms with Crippen LogP contribution in [0, 0.1) is 5.82 Å². The van der Waals surface area contributed by atoms with Crippen molar-refractivity contribution < 1.29 is 107 Å². The van der Waals surface area contributed by atoms with Gasteiger partial charge in [0.2, 0.25) is 10.0 Å². The van der Waals surface area contributed by atoms with Crippen LogP contribution in [0.2, 0.25) is 0 Å². The van der Waals surface area contributed by atoms with E-state index in [9.17, 15) is 22.7 Å². The quantitative estimate of drug-likeness (QED) is 0.214. The number of sulfonamides is 1. The standard InChI is InChI=1S/C20H21FN2O6S.HI.K/c1-22-20(25)18-14-10-17(28-2)15(23(8-9-24)30(3,26)27)11-16(14)29-19(18)12-4-6-13(21)7-5-12;;/h4-7,10-11,24H,8-9H2,1-3H3,(H,22,25);1H;/q;;+1/p-1. The first-order valence-electron chi connectivity index (χ1n) is 8.92. The fraction of sp³-hybridized carbons (Fsp3) is 0.250. The van der Waals surface area contributed by atoms with E-state index in [1.165, 1.54) is 50.6 Å². The number of halogens is 2. The van der Waals surface area contributed by atoms with Crippen molar-refractivity contribution in [1.29, 1.82) is 0 Å². The summed E-state index contributed by atoms with van der Waals surface area (Å²) in [6.07, 6.45) is 1.01. The molecule has 0 bridgehead atoms. The summed E-state index contributed by atoms with van der Waals surface area (Å²) >= 11 is 0. The summed E-state index contributed by atoms with van der Waals surface area (Å²) in [5, 5.41) is 12.3. The molecule has 2 N–H and O–H groups in total. The molecule has 0 fully saturated rings. The van der Waals surface area contributed by atoms with Crippen LogP contribution in [-0.2, 0) is 10.0 Å². The summed E-state index contributed by atoms with van der Waals surface area (Å²) in [6.45, 7) is -0.592. The smallest absolute Gasteiger partial charge is 1.00 e. The Labute approximate surface area is 245 Å². The van der Waals surface area contributed by atoms with Crippen LogP contribution >= 0.6 is 0 Å². The second-order valence-electron chi connectivity index (χ2n) is 6.47. The first-order chi connectivity index (χ1) is 14.2. The van der Waals surface area contributed by atoms with E-state index in [1.807, 2.05) is 0 Å². The van der Waals surface area contributed by atoms with Crippen LogP contribution in [0.3, 0.4) is 0 Å². The van der Waals surface area contributed by atoms with Crippen LogP contribution in [0.5, 0.6) is 5.75 Å². The Balaban J connectivity index is 0.00000256. The molecule has 1 aromatic heterocycles. The summed E-state index contributed by atoms with van der Waals surface area (Å²) in [5.74, 6) is -0.485. The number of fused-ring (bicyclic) bond motifs is 1. The number of ether oxygens (including phenoxy) is 1. The second-order valence-corrected chi connectivity index (χ2v) is 8.38. The number of methoxy groups -OCH3 is 1. The SMILES string of the molecule is CNC(=O)c1c(-c2ccc(F)cc2)oc2cc(N(CCO)S(C)(=O)=O)c(OC)cc12.[I-].[K+]. The number of nitrogens with zero attached hydrogens (tertiary/aromatic N) is 1. The molecule has 0 aliphatic rings. The van der Waals surface area contributed by atoms with Gasteiger partial charge in [0.1, 0.15) is 22.9 Å². The van der Waals surface area contributed by atoms with E-state index in [4.69, 9.17) is 9.15 Å². The molecule has 0 aliphatic carbocycles. The van der Waals surface area contributed by atoms with Gasteiger partial charge in [0.05, 0.1) is 37.8 Å². The molecule has 3 rings (SSSR count). The van der Waals surface area contributed by atoms with Gasteiger partial charge < -0.3 is 43.6 Å². The molecule has 0 atom stereocenters. The maximum atomic E-state index is 13.3. The van der Waals surface area contributed by atoms with E-state index in [2.05, 4.69) is 5.32 Å². The molecule has 12 heteroatoms. The van der Waals surface area contributed by atoms with E-state index < -0.39 is 28.4 Å². The number of hydrogen-bond donors (Lipinski definition) is 2. The molecule has 2 aromatic carbocycles. The minimum absolute atomic E-state index is 0. The first kappa shape index (κ1) is 29.3. The van der Waals surface area contributed by atoms with Crippen molar-refractivity contribution in [2.24, 2.45) is 0 Å². The second kappa shape index (κ2) is 12.1. The van der Waals surface area contributed by atoms with Crippen LogP contribution in [0.15, 0.2) is 40.8 Å². The molecular formula is C20H21FIKN2O6S. The van der Waals surface area contributed by atoms with Gasteiger partial charge in [0.15, 0.2) is 0 Å². The van der Waals surface area contributed by atoms with Gasteiger partial charge in [-0.1, -0.05) is 0 Å². The van der Waals surface area contributed by atoms with Gasteiger partial charge in [-0.3, -0.25) is 9.10 Å². The molecule has 32 heavy (non-hydrogen) atoms. The third-order valence-electron chi connectivity index (χ3n) is 4.52. The Morgan fingerprint density at radius 2 is 1.88 bits per heavy atom. The Morgan fingerprint density at radius 3 is 2.38 bits per heavy atom. The summed E-state index contributed by atoms with van der Waals surface area (Å²) < 4.78 is 50.1. The zero-order valence-electron chi connectivity index (χ0n) is 18.0. The molecular weight excluding hydrogens is 581 g/mol. The van der Waals surface area contributed by atoms with Crippen LogP contribution in [-0.4, -0.2) is 53.0 Å². The van der Waals surface area contributed by atoms with Gasteiger partial charge in [-0.15, -0.1) is 0 Å². The zero-order valence-corrected chi connectivity index (χ0v) is 24.1. The van der Waals surface area contributed by atoms with Crippen molar-refractivity contribution in [1.82, 2.24) is 5.32 Å². The maximum absolute atomic E-state index is 13.3. The van der Waals surface area contributed by atoms with Gasteiger partial charge in [-0.05, 0) is 30.3 Å². The molecule has 0 radical (unpaired) electrons. The van der Waals surface area contributed by atoms with Crippen molar-refractivity contribution in [2.75, 3.05) is 37.9 Å². The molecule has 1 amide bonds. The van der Waals surface area contributed by atoms with E-state index in [-0.39, 0.29) is 110 Å². The number of amides is 1. The summed E-state index contributed by atoms with van der Waals surface area (Å²) in [4.78, 5) is 12.6. The molecule has 0 unspecified atom stereocenters. The monoisotopic (exact) mass is 602 g/mol. The molecule has 1 heterocycles. The number of anilines is 1. The van der Waals surface area contributed by atoms with E-state index >= 15 is 0 Å². The average Bonchev–Trinajstić information content (AvgIpc) is 3.08. The third-order valence-corrected chi connectivity index (χ3v) is 5.70. The van der Waals surface area contributed by atoms with Crippen molar-refractivity contribution in [3.8, 4) is 17.1 Å². The number of carbonyl (C=O) groups is 1.